The van der Waals surface area contributed by atoms with Crippen LogP contribution in [0.4, 0.5) is 5.69 Å². The van der Waals surface area contributed by atoms with Crippen molar-refractivity contribution in [2.75, 3.05) is 44.2 Å². The maximum atomic E-state index is 13.1. The lowest BCUT2D eigenvalue weighted by molar-refractivity contribution is -0.155. The first-order valence-corrected chi connectivity index (χ1v) is 10.5. The largest absolute Gasteiger partial charge is 0.368 e. The number of hydrogen-bond acceptors (Lipinski definition) is 5. The van der Waals surface area contributed by atoms with Gasteiger partial charge in [-0.3, -0.25) is 19.4 Å². The number of amides is 2. The van der Waals surface area contributed by atoms with Crippen LogP contribution < -0.4 is 10.2 Å². The van der Waals surface area contributed by atoms with Gasteiger partial charge in [-0.25, -0.2) is 0 Å². The molecule has 1 N–H and O–H groups in total. The van der Waals surface area contributed by atoms with Gasteiger partial charge in [-0.1, -0.05) is 12.1 Å². The molecule has 3 aliphatic heterocycles. The molecule has 0 saturated carbocycles. The van der Waals surface area contributed by atoms with E-state index in [1.807, 2.05) is 32.9 Å². The van der Waals surface area contributed by atoms with Crippen LogP contribution in [-0.4, -0.2) is 72.5 Å². The Bertz CT molecular complexity index is 745. The van der Waals surface area contributed by atoms with Crippen LogP contribution in [0, 0.1) is 0 Å². The van der Waals surface area contributed by atoms with Gasteiger partial charge in [-0.15, -0.1) is 0 Å². The molecule has 28 heavy (non-hydrogen) atoms. The minimum absolute atomic E-state index is 0.0495. The average Bonchev–Trinajstić information content (AvgIpc) is 2.61. The summed E-state index contributed by atoms with van der Waals surface area (Å²) in [6.07, 6.45) is 1.05. The third-order valence-electron chi connectivity index (χ3n) is 6.25. The molecule has 1 unspecified atom stereocenters. The first kappa shape index (κ1) is 19.4. The van der Waals surface area contributed by atoms with E-state index in [-0.39, 0.29) is 17.7 Å². The molecule has 6 heteroatoms. The number of nitrogens with zero attached hydrogens (tertiary/aromatic N) is 3. The van der Waals surface area contributed by atoms with Gasteiger partial charge in [-0.05, 0) is 44.9 Å². The maximum absolute atomic E-state index is 13.1. The second-order valence-electron chi connectivity index (χ2n) is 9.27. The molecular formula is C22H32N4O2. The number of nitrogens with one attached hydrogen (secondary N) is 1. The summed E-state index contributed by atoms with van der Waals surface area (Å²) >= 11 is 0. The van der Waals surface area contributed by atoms with Gasteiger partial charge in [0.05, 0.1) is 5.92 Å². The van der Waals surface area contributed by atoms with Crippen molar-refractivity contribution in [1.82, 2.24) is 15.1 Å². The standard InChI is InChI=1S/C22H32N4O2/c1-22(2,3)26-20(27)8-7-19(21(26)28)16-5-4-6-17(13-16)25-14-18(15-25)24-11-9-23-10-12-24/h4-6,13,18-19,23H,7-12,14-15H2,1-3H3. The van der Waals surface area contributed by atoms with Crippen LogP contribution in [0.5, 0.6) is 0 Å². The van der Waals surface area contributed by atoms with Gasteiger partial charge in [-0.2, -0.15) is 0 Å². The van der Waals surface area contributed by atoms with E-state index in [0.29, 0.717) is 18.9 Å². The van der Waals surface area contributed by atoms with E-state index in [0.717, 1.165) is 44.8 Å². The normalized spacial score (nSPS) is 25.2. The fraction of sp³-hybridized carbons (Fsp3) is 0.636. The Kier molecular flexibility index (Phi) is 5.19. The van der Waals surface area contributed by atoms with Gasteiger partial charge in [0.25, 0.3) is 0 Å². The van der Waals surface area contributed by atoms with Crippen LogP contribution in [0.15, 0.2) is 24.3 Å². The van der Waals surface area contributed by atoms with Crippen LogP contribution in [-0.2, 0) is 9.59 Å². The highest BCUT2D eigenvalue weighted by Gasteiger charge is 2.41. The van der Waals surface area contributed by atoms with E-state index in [4.69, 9.17) is 0 Å². The molecule has 3 heterocycles. The first-order chi connectivity index (χ1) is 13.3. The quantitative estimate of drug-likeness (QED) is 0.806. The molecule has 3 fully saturated rings. The van der Waals surface area contributed by atoms with E-state index in [9.17, 15) is 9.59 Å². The summed E-state index contributed by atoms with van der Waals surface area (Å²) in [5.74, 6) is -0.322. The lowest BCUT2D eigenvalue weighted by Crippen LogP contribution is -2.62. The summed E-state index contributed by atoms with van der Waals surface area (Å²) in [5, 5.41) is 3.41. The van der Waals surface area contributed by atoms with Gasteiger partial charge < -0.3 is 10.2 Å². The van der Waals surface area contributed by atoms with Gasteiger partial charge in [0.15, 0.2) is 0 Å². The fourth-order valence-electron chi connectivity index (χ4n) is 4.68. The second kappa shape index (κ2) is 7.48. The summed E-state index contributed by atoms with van der Waals surface area (Å²) in [6, 6.07) is 9.02. The Morgan fingerprint density at radius 3 is 2.46 bits per heavy atom. The highest BCUT2D eigenvalue weighted by Crippen LogP contribution is 2.35. The molecule has 1 atom stereocenters. The Morgan fingerprint density at radius 1 is 1.07 bits per heavy atom. The summed E-state index contributed by atoms with van der Waals surface area (Å²) in [6.45, 7) is 12.3. The number of imide groups is 1. The highest BCUT2D eigenvalue weighted by atomic mass is 16.2. The molecule has 0 bridgehead atoms. The summed E-state index contributed by atoms with van der Waals surface area (Å²) in [5.41, 5.74) is 1.75. The van der Waals surface area contributed by atoms with Crippen LogP contribution in [0.25, 0.3) is 0 Å². The molecule has 0 radical (unpaired) electrons. The van der Waals surface area contributed by atoms with E-state index in [1.54, 1.807) is 0 Å². The maximum Gasteiger partial charge on any atom is 0.237 e. The number of carbonyl (C=O) groups is 2. The Morgan fingerprint density at radius 2 is 1.79 bits per heavy atom. The van der Waals surface area contributed by atoms with Gasteiger partial charge >= 0.3 is 0 Å². The topological polar surface area (TPSA) is 55.9 Å². The lowest BCUT2D eigenvalue weighted by Gasteiger charge is -2.48. The molecule has 2 amide bonds. The predicted octanol–water partition coefficient (Wildman–Crippen LogP) is 1.81. The second-order valence-corrected chi connectivity index (χ2v) is 9.27. The Balaban J connectivity index is 1.45. The molecule has 4 rings (SSSR count). The van der Waals surface area contributed by atoms with Crippen LogP contribution in [0.2, 0.25) is 0 Å². The smallest absolute Gasteiger partial charge is 0.237 e. The molecule has 1 aromatic carbocycles. The molecule has 1 aromatic rings. The molecule has 3 aliphatic rings. The van der Waals surface area contributed by atoms with E-state index in [2.05, 4.69) is 27.2 Å². The van der Waals surface area contributed by atoms with E-state index < -0.39 is 5.54 Å². The summed E-state index contributed by atoms with van der Waals surface area (Å²) < 4.78 is 0. The average molecular weight is 385 g/mol. The van der Waals surface area contributed by atoms with Crippen molar-refractivity contribution in [2.24, 2.45) is 0 Å². The monoisotopic (exact) mass is 384 g/mol. The van der Waals surface area contributed by atoms with Crippen molar-refractivity contribution < 1.29 is 9.59 Å². The van der Waals surface area contributed by atoms with Gasteiger partial charge in [0.1, 0.15) is 0 Å². The highest BCUT2D eigenvalue weighted by molar-refractivity contribution is 6.01. The third-order valence-corrected chi connectivity index (χ3v) is 6.25. The fourth-order valence-corrected chi connectivity index (χ4v) is 4.68. The zero-order valence-electron chi connectivity index (χ0n) is 17.3. The zero-order chi connectivity index (χ0) is 19.9. The van der Waals surface area contributed by atoms with Crippen molar-refractivity contribution in [3.8, 4) is 0 Å². The molecule has 3 saturated heterocycles. The third kappa shape index (κ3) is 3.67. The van der Waals surface area contributed by atoms with Gasteiger partial charge in [0.2, 0.25) is 11.8 Å². The van der Waals surface area contributed by atoms with Crippen molar-refractivity contribution >= 4 is 17.5 Å². The molecule has 0 spiro atoms. The van der Waals surface area contributed by atoms with Crippen molar-refractivity contribution in [3.05, 3.63) is 29.8 Å². The molecule has 6 nitrogen and oxygen atoms in total. The van der Waals surface area contributed by atoms with Crippen molar-refractivity contribution in [3.63, 3.8) is 0 Å². The van der Waals surface area contributed by atoms with Crippen molar-refractivity contribution in [2.45, 2.75) is 51.1 Å². The summed E-state index contributed by atoms with van der Waals surface area (Å²) in [4.78, 5) is 31.9. The lowest BCUT2D eigenvalue weighted by atomic mass is 9.86. The minimum atomic E-state index is -0.474. The van der Waals surface area contributed by atoms with E-state index >= 15 is 0 Å². The Hall–Kier alpha value is -1.92. The molecule has 0 aliphatic carbocycles. The molecular weight excluding hydrogens is 352 g/mol. The molecule has 152 valence electrons. The predicted molar refractivity (Wildman–Crippen MR) is 110 cm³/mol. The number of piperazine rings is 1. The Labute approximate surface area is 167 Å². The summed E-state index contributed by atoms with van der Waals surface area (Å²) in [7, 11) is 0. The van der Waals surface area contributed by atoms with Gasteiger partial charge in [0, 0.05) is 63.0 Å². The minimum Gasteiger partial charge on any atom is -0.368 e. The van der Waals surface area contributed by atoms with Crippen LogP contribution >= 0.6 is 0 Å². The zero-order valence-corrected chi connectivity index (χ0v) is 17.3. The van der Waals surface area contributed by atoms with Crippen LogP contribution in [0.3, 0.4) is 0 Å². The number of likely N-dealkylation sites (tertiary alicyclic amines) is 1. The number of rotatable bonds is 3. The molecule has 0 aromatic heterocycles. The number of benzene rings is 1. The van der Waals surface area contributed by atoms with Crippen LogP contribution in [0.1, 0.15) is 45.1 Å². The first-order valence-electron chi connectivity index (χ1n) is 10.5. The van der Waals surface area contributed by atoms with Crippen molar-refractivity contribution in [1.29, 1.82) is 0 Å². The number of hydrogen-bond donors (Lipinski definition) is 1. The number of anilines is 1. The number of carbonyl (C=O) groups excluding carboxylic acids is 2. The number of piperidine rings is 1. The van der Waals surface area contributed by atoms with E-state index in [1.165, 1.54) is 10.6 Å². The SMILES string of the molecule is CC(C)(C)N1C(=O)CCC(c2cccc(N3CC(N4CCNCC4)C3)c2)C1=O.